The fraction of sp³-hybridized carbons (Fsp3) is 0.600. The van der Waals surface area contributed by atoms with Gasteiger partial charge < -0.3 is 0 Å². The number of hydrogen-bond donors (Lipinski definition) is 0. The minimum atomic E-state index is -0.605. The fourth-order valence-electron chi connectivity index (χ4n) is 0.182. The van der Waals surface area contributed by atoms with Crippen LogP contribution in [-0.4, -0.2) is 6.10 Å². The summed E-state index contributed by atoms with van der Waals surface area (Å²) in [6.07, 6.45) is -0.255. The van der Waals surface area contributed by atoms with Crippen LogP contribution in [0.5, 0.6) is 0 Å². The van der Waals surface area contributed by atoms with Crippen molar-refractivity contribution in [1.29, 1.82) is 0 Å². The van der Waals surface area contributed by atoms with Crippen molar-refractivity contribution in [2.75, 3.05) is 0 Å². The molecule has 0 aliphatic rings. The summed E-state index contributed by atoms with van der Waals surface area (Å²) in [5.41, 5.74) is 0. The molecular weight excluding hydrogens is 112 g/mol. The summed E-state index contributed by atoms with van der Waals surface area (Å²) in [4.78, 5) is 0. The first-order chi connectivity index (χ1) is 3.27. The molecule has 0 N–H and O–H groups in total. The Bertz CT molecular complexity index is 88.0. The molecule has 0 spiro atoms. The third kappa shape index (κ3) is 5.81. The first-order valence-corrected chi connectivity index (χ1v) is 2.39. The van der Waals surface area contributed by atoms with Crippen LogP contribution >= 0.6 is 11.6 Å². The molecule has 2 heteroatoms. The molecular formula is C5H6ClO. The molecule has 39 valence electrons. The summed E-state index contributed by atoms with van der Waals surface area (Å²) < 4.78 is 0. The molecule has 0 saturated heterocycles. The molecule has 1 radical (unpaired) electrons. The molecule has 0 aliphatic heterocycles. The highest BCUT2D eigenvalue weighted by molar-refractivity contribution is 6.30. The predicted molar refractivity (Wildman–Crippen MR) is 28.4 cm³/mol. The molecule has 1 nitrogen and oxygen atoms in total. The van der Waals surface area contributed by atoms with Crippen LogP contribution in [0.2, 0.25) is 0 Å². The largest absolute Gasteiger partial charge is 0.232 e. The molecule has 0 aliphatic carbocycles. The highest BCUT2D eigenvalue weighted by Gasteiger charge is 1.89. The average molecular weight is 118 g/mol. The molecule has 0 aromatic rings. The maximum atomic E-state index is 10.1. The first-order valence-electron chi connectivity index (χ1n) is 2.01. The van der Waals surface area contributed by atoms with Gasteiger partial charge in [0.15, 0.2) is 0 Å². The molecule has 0 saturated carbocycles. The van der Waals surface area contributed by atoms with Gasteiger partial charge in [0, 0.05) is 11.8 Å². The minimum Gasteiger partial charge on any atom is -0.232 e. The highest BCUT2D eigenvalue weighted by atomic mass is 35.5. The predicted octanol–water partition coefficient (Wildman–Crippen LogP) is 1.40. The first kappa shape index (κ1) is 6.81. The van der Waals surface area contributed by atoms with E-state index in [0.717, 1.165) is 0 Å². The van der Waals surface area contributed by atoms with E-state index < -0.39 is 6.10 Å². The van der Waals surface area contributed by atoms with Gasteiger partial charge in [-0.2, -0.15) is 0 Å². The zero-order chi connectivity index (χ0) is 5.70. The van der Waals surface area contributed by atoms with Crippen molar-refractivity contribution in [2.45, 2.75) is 19.4 Å². The van der Waals surface area contributed by atoms with Gasteiger partial charge in [-0.25, -0.2) is 5.11 Å². The van der Waals surface area contributed by atoms with Crippen molar-refractivity contribution in [2.24, 2.45) is 0 Å². The van der Waals surface area contributed by atoms with Gasteiger partial charge in [0.2, 0.25) is 0 Å². The quantitative estimate of drug-likeness (QED) is 0.463. The van der Waals surface area contributed by atoms with E-state index >= 15 is 0 Å². The van der Waals surface area contributed by atoms with Crippen molar-refractivity contribution in [1.82, 2.24) is 0 Å². The van der Waals surface area contributed by atoms with E-state index in [9.17, 15) is 5.11 Å². The van der Waals surface area contributed by atoms with Crippen LogP contribution in [0, 0.1) is 11.3 Å². The van der Waals surface area contributed by atoms with Gasteiger partial charge in [-0.1, -0.05) is 5.92 Å². The average Bonchev–Trinajstić information content (AvgIpc) is 1.61. The lowest BCUT2D eigenvalue weighted by Gasteiger charge is -1.86. The number of rotatable bonds is 1. The van der Waals surface area contributed by atoms with Gasteiger partial charge in [-0.05, 0) is 18.5 Å². The zero-order valence-corrected chi connectivity index (χ0v) is 4.83. The van der Waals surface area contributed by atoms with E-state index in [2.05, 4.69) is 11.3 Å². The SMILES string of the molecule is CC([O])CC#CCl. The van der Waals surface area contributed by atoms with Crippen molar-refractivity contribution in [3.8, 4) is 11.3 Å². The van der Waals surface area contributed by atoms with Crippen molar-refractivity contribution in [3.05, 3.63) is 0 Å². The van der Waals surface area contributed by atoms with E-state index in [0.29, 0.717) is 6.42 Å². The van der Waals surface area contributed by atoms with Crippen molar-refractivity contribution >= 4 is 11.6 Å². The summed E-state index contributed by atoms with van der Waals surface area (Å²) in [5.74, 6) is 2.45. The minimum absolute atomic E-state index is 0.351. The normalized spacial score (nSPS) is 11.9. The summed E-state index contributed by atoms with van der Waals surface area (Å²) in [6, 6.07) is 0. The Hall–Kier alpha value is -0.190. The summed E-state index contributed by atoms with van der Waals surface area (Å²) in [7, 11) is 0. The lowest BCUT2D eigenvalue weighted by Crippen LogP contribution is -1.92. The van der Waals surface area contributed by atoms with E-state index in [4.69, 9.17) is 11.6 Å². The molecule has 0 aromatic carbocycles. The fourth-order valence-corrected chi connectivity index (χ4v) is 0.259. The van der Waals surface area contributed by atoms with Gasteiger partial charge in [-0.15, -0.1) is 0 Å². The van der Waals surface area contributed by atoms with E-state index in [-0.39, 0.29) is 0 Å². The van der Waals surface area contributed by atoms with Gasteiger partial charge in [0.05, 0.1) is 0 Å². The van der Waals surface area contributed by atoms with Gasteiger partial charge >= 0.3 is 0 Å². The zero-order valence-electron chi connectivity index (χ0n) is 4.07. The summed E-state index contributed by atoms with van der Waals surface area (Å²) in [6.45, 7) is 1.56. The molecule has 0 rings (SSSR count). The highest BCUT2D eigenvalue weighted by Crippen LogP contribution is 1.85. The van der Waals surface area contributed by atoms with Gasteiger partial charge in [0.25, 0.3) is 0 Å². The molecule has 0 amide bonds. The Balaban J connectivity index is 3.08. The van der Waals surface area contributed by atoms with Crippen LogP contribution in [0.4, 0.5) is 0 Å². The Morgan fingerprint density at radius 2 is 2.43 bits per heavy atom. The van der Waals surface area contributed by atoms with E-state index in [1.54, 1.807) is 6.92 Å². The number of halogens is 1. The molecule has 7 heavy (non-hydrogen) atoms. The van der Waals surface area contributed by atoms with Gasteiger partial charge in [0.1, 0.15) is 6.10 Å². The van der Waals surface area contributed by atoms with Crippen LogP contribution in [-0.2, 0) is 5.11 Å². The van der Waals surface area contributed by atoms with Crippen LogP contribution in [0.1, 0.15) is 13.3 Å². The second-order valence-electron chi connectivity index (χ2n) is 1.29. The van der Waals surface area contributed by atoms with Crippen LogP contribution in [0.25, 0.3) is 0 Å². The molecule has 0 bridgehead atoms. The van der Waals surface area contributed by atoms with Gasteiger partial charge in [-0.3, -0.25) is 0 Å². The second-order valence-corrected chi connectivity index (χ2v) is 1.47. The lowest BCUT2D eigenvalue weighted by atomic mass is 10.3. The third-order valence-corrected chi connectivity index (χ3v) is 0.590. The Morgan fingerprint density at radius 1 is 1.86 bits per heavy atom. The lowest BCUT2D eigenvalue weighted by molar-refractivity contribution is 0.110. The summed E-state index contributed by atoms with van der Waals surface area (Å²) in [5, 5.41) is 12.2. The molecule has 0 fully saturated rings. The van der Waals surface area contributed by atoms with Crippen molar-refractivity contribution < 1.29 is 5.11 Å². The second kappa shape index (κ2) is 3.98. The summed E-state index contributed by atoms with van der Waals surface area (Å²) >= 11 is 4.95. The topological polar surface area (TPSA) is 19.9 Å². The van der Waals surface area contributed by atoms with E-state index in [1.165, 1.54) is 0 Å². The molecule has 0 heterocycles. The Morgan fingerprint density at radius 3 is 2.57 bits per heavy atom. The van der Waals surface area contributed by atoms with Crippen LogP contribution in [0.3, 0.4) is 0 Å². The number of hydrogen-bond acceptors (Lipinski definition) is 0. The van der Waals surface area contributed by atoms with Crippen molar-refractivity contribution in [3.63, 3.8) is 0 Å². The van der Waals surface area contributed by atoms with E-state index in [1.807, 2.05) is 0 Å². The molecule has 1 unspecified atom stereocenters. The maximum Gasteiger partial charge on any atom is 0.101 e. The smallest absolute Gasteiger partial charge is 0.101 e. The third-order valence-electron chi connectivity index (χ3n) is 0.456. The maximum absolute atomic E-state index is 10.1. The molecule has 1 atom stereocenters. The standard InChI is InChI=1S/C5H6ClO/c1-5(7)3-2-4-6/h5H,3H2,1H3. The monoisotopic (exact) mass is 117 g/mol. The van der Waals surface area contributed by atoms with Crippen LogP contribution < -0.4 is 0 Å². The Labute approximate surface area is 48.3 Å². The molecule has 0 aromatic heterocycles. The Kier molecular flexibility index (Phi) is 3.87. The van der Waals surface area contributed by atoms with Crippen LogP contribution in [0.15, 0.2) is 0 Å².